The SMILES string of the molecule is Cc1ccc(C)c(CC(=O)NCc2ccccc2C)c1. The van der Waals surface area contributed by atoms with Gasteiger partial charge in [-0.3, -0.25) is 4.79 Å². The van der Waals surface area contributed by atoms with Gasteiger partial charge in [-0.2, -0.15) is 0 Å². The highest BCUT2D eigenvalue weighted by molar-refractivity contribution is 5.79. The molecule has 0 aliphatic carbocycles. The van der Waals surface area contributed by atoms with E-state index in [0.29, 0.717) is 13.0 Å². The lowest BCUT2D eigenvalue weighted by Gasteiger charge is -2.10. The third kappa shape index (κ3) is 3.70. The Kier molecular flexibility index (Phi) is 4.57. The maximum Gasteiger partial charge on any atom is 0.224 e. The predicted molar refractivity (Wildman–Crippen MR) is 82.6 cm³/mol. The fourth-order valence-electron chi connectivity index (χ4n) is 2.23. The lowest BCUT2D eigenvalue weighted by Crippen LogP contribution is -2.25. The Labute approximate surface area is 120 Å². The second kappa shape index (κ2) is 6.38. The molecule has 0 aromatic heterocycles. The summed E-state index contributed by atoms with van der Waals surface area (Å²) in [5.74, 6) is 0.0713. The van der Waals surface area contributed by atoms with Crippen molar-refractivity contribution in [3.05, 3.63) is 70.3 Å². The van der Waals surface area contributed by atoms with E-state index >= 15 is 0 Å². The van der Waals surface area contributed by atoms with Gasteiger partial charge in [-0.1, -0.05) is 48.0 Å². The first-order valence-electron chi connectivity index (χ1n) is 6.93. The number of rotatable bonds is 4. The monoisotopic (exact) mass is 267 g/mol. The highest BCUT2D eigenvalue weighted by Crippen LogP contribution is 2.11. The molecule has 1 N–H and O–H groups in total. The highest BCUT2D eigenvalue weighted by Gasteiger charge is 2.06. The van der Waals surface area contributed by atoms with Gasteiger partial charge >= 0.3 is 0 Å². The number of nitrogens with one attached hydrogen (secondary N) is 1. The zero-order valence-corrected chi connectivity index (χ0v) is 12.4. The van der Waals surface area contributed by atoms with E-state index in [1.807, 2.05) is 32.0 Å². The van der Waals surface area contributed by atoms with E-state index in [4.69, 9.17) is 0 Å². The second-order valence-corrected chi connectivity index (χ2v) is 5.31. The minimum absolute atomic E-state index is 0.0713. The molecule has 0 saturated carbocycles. The van der Waals surface area contributed by atoms with Crippen molar-refractivity contribution in [3.63, 3.8) is 0 Å². The second-order valence-electron chi connectivity index (χ2n) is 5.31. The molecule has 2 aromatic rings. The van der Waals surface area contributed by atoms with Gasteiger partial charge in [0.05, 0.1) is 6.42 Å². The van der Waals surface area contributed by atoms with Gasteiger partial charge in [-0.05, 0) is 43.0 Å². The number of amides is 1. The molecular weight excluding hydrogens is 246 g/mol. The Morgan fingerprint density at radius 3 is 2.40 bits per heavy atom. The molecule has 2 aromatic carbocycles. The van der Waals surface area contributed by atoms with Crippen LogP contribution < -0.4 is 5.32 Å². The molecule has 104 valence electrons. The summed E-state index contributed by atoms with van der Waals surface area (Å²) in [6, 6.07) is 14.3. The molecule has 0 bridgehead atoms. The minimum atomic E-state index is 0.0713. The molecule has 0 radical (unpaired) electrons. The number of carbonyl (C=O) groups excluding carboxylic acids is 1. The Bertz CT molecular complexity index is 617. The van der Waals surface area contributed by atoms with Crippen LogP contribution in [-0.2, 0) is 17.8 Å². The van der Waals surface area contributed by atoms with E-state index in [-0.39, 0.29) is 5.91 Å². The summed E-state index contributed by atoms with van der Waals surface area (Å²) in [6.45, 7) is 6.75. The van der Waals surface area contributed by atoms with Crippen LogP contribution in [0.5, 0.6) is 0 Å². The van der Waals surface area contributed by atoms with E-state index in [1.165, 1.54) is 22.3 Å². The molecule has 1 amide bonds. The van der Waals surface area contributed by atoms with Crippen molar-refractivity contribution in [3.8, 4) is 0 Å². The molecule has 20 heavy (non-hydrogen) atoms. The van der Waals surface area contributed by atoms with E-state index in [9.17, 15) is 4.79 Å². The predicted octanol–water partition coefficient (Wildman–Crippen LogP) is 3.47. The summed E-state index contributed by atoms with van der Waals surface area (Å²) >= 11 is 0. The lowest BCUT2D eigenvalue weighted by molar-refractivity contribution is -0.120. The summed E-state index contributed by atoms with van der Waals surface area (Å²) in [4.78, 5) is 12.0. The van der Waals surface area contributed by atoms with Gasteiger partial charge in [-0.15, -0.1) is 0 Å². The summed E-state index contributed by atoms with van der Waals surface area (Å²) in [5.41, 5.74) is 5.84. The Morgan fingerprint density at radius 2 is 1.65 bits per heavy atom. The number of hydrogen-bond acceptors (Lipinski definition) is 1. The van der Waals surface area contributed by atoms with Crippen LogP contribution >= 0.6 is 0 Å². The number of hydrogen-bond donors (Lipinski definition) is 1. The van der Waals surface area contributed by atoms with Crippen molar-refractivity contribution in [2.45, 2.75) is 33.7 Å². The summed E-state index contributed by atoms with van der Waals surface area (Å²) in [5, 5.41) is 3.00. The van der Waals surface area contributed by atoms with Crippen LogP contribution in [-0.4, -0.2) is 5.91 Å². The summed E-state index contributed by atoms with van der Waals surface area (Å²) in [7, 11) is 0. The summed E-state index contributed by atoms with van der Waals surface area (Å²) < 4.78 is 0. The first kappa shape index (κ1) is 14.3. The molecule has 0 spiro atoms. The molecule has 2 nitrogen and oxygen atoms in total. The molecule has 0 unspecified atom stereocenters. The van der Waals surface area contributed by atoms with Crippen molar-refractivity contribution in [2.75, 3.05) is 0 Å². The van der Waals surface area contributed by atoms with Crippen molar-refractivity contribution >= 4 is 5.91 Å². The average molecular weight is 267 g/mol. The molecule has 0 aliphatic heterocycles. The Morgan fingerprint density at radius 1 is 0.950 bits per heavy atom. The van der Waals surface area contributed by atoms with Gasteiger partial charge in [-0.25, -0.2) is 0 Å². The molecule has 0 aliphatic rings. The van der Waals surface area contributed by atoms with Crippen LogP contribution in [0.15, 0.2) is 42.5 Å². The minimum Gasteiger partial charge on any atom is -0.352 e. The van der Waals surface area contributed by atoms with Crippen LogP contribution in [0.2, 0.25) is 0 Å². The van der Waals surface area contributed by atoms with Crippen molar-refractivity contribution in [1.29, 1.82) is 0 Å². The third-order valence-corrected chi connectivity index (χ3v) is 3.59. The quantitative estimate of drug-likeness (QED) is 0.903. The van der Waals surface area contributed by atoms with Gasteiger partial charge in [0, 0.05) is 6.54 Å². The topological polar surface area (TPSA) is 29.1 Å². The molecule has 0 heterocycles. The Hall–Kier alpha value is -2.09. The molecule has 0 saturated heterocycles. The lowest BCUT2D eigenvalue weighted by atomic mass is 10.0. The number of benzene rings is 2. The van der Waals surface area contributed by atoms with Gasteiger partial charge < -0.3 is 5.32 Å². The fraction of sp³-hybridized carbons (Fsp3) is 0.278. The fourth-order valence-corrected chi connectivity index (χ4v) is 2.23. The zero-order valence-electron chi connectivity index (χ0n) is 12.4. The van der Waals surface area contributed by atoms with Crippen molar-refractivity contribution < 1.29 is 4.79 Å². The first-order chi connectivity index (χ1) is 9.56. The maximum absolute atomic E-state index is 12.0. The average Bonchev–Trinajstić information content (AvgIpc) is 2.42. The van der Waals surface area contributed by atoms with Crippen LogP contribution in [0.25, 0.3) is 0 Å². The highest BCUT2D eigenvalue weighted by atomic mass is 16.1. The van der Waals surface area contributed by atoms with E-state index < -0.39 is 0 Å². The van der Waals surface area contributed by atoms with Gasteiger partial charge in [0.1, 0.15) is 0 Å². The van der Waals surface area contributed by atoms with Crippen molar-refractivity contribution in [2.24, 2.45) is 0 Å². The molecule has 0 atom stereocenters. The largest absolute Gasteiger partial charge is 0.352 e. The number of aryl methyl sites for hydroxylation is 3. The van der Waals surface area contributed by atoms with Crippen LogP contribution in [0, 0.1) is 20.8 Å². The standard InChI is InChI=1S/C18H21NO/c1-13-8-9-15(3)17(10-13)11-18(20)19-12-16-7-5-4-6-14(16)2/h4-10H,11-12H2,1-3H3,(H,19,20). The van der Waals surface area contributed by atoms with Crippen molar-refractivity contribution in [1.82, 2.24) is 5.32 Å². The summed E-state index contributed by atoms with van der Waals surface area (Å²) in [6.07, 6.45) is 0.444. The molecule has 2 rings (SSSR count). The van der Waals surface area contributed by atoms with E-state index in [0.717, 1.165) is 5.56 Å². The third-order valence-electron chi connectivity index (χ3n) is 3.59. The van der Waals surface area contributed by atoms with Gasteiger partial charge in [0.15, 0.2) is 0 Å². The van der Waals surface area contributed by atoms with Gasteiger partial charge in [0.25, 0.3) is 0 Å². The molecule has 0 fully saturated rings. The first-order valence-corrected chi connectivity index (χ1v) is 6.93. The number of carbonyl (C=O) groups is 1. The zero-order chi connectivity index (χ0) is 14.5. The van der Waals surface area contributed by atoms with Gasteiger partial charge in [0.2, 0.25) is 5.91 Å². The normalized spacial score (nSPS) is 10.3. The van der Waals surface area contributed by atoms with Crippen LogP contribution in [0.3, 0.4) is 0 Å². The Balaban J connectivity index is 1.96. The maximum atomic E-state index is 12.0. The smallest absolute Gasteiger partial charge is 0.224 e. The van der Waals surface area contributed by atoms with Crippen LogP contribution in [0.4, 0.5) is 0 Å². The van der Waals surface area contributed by atoms with Crippen LogP contribution in [0.1, 0.15) is 27.8 Å². The van der Waals surface area contributed by atoms with E-state index in [2.05, 4.69) is 36.5 Å². The van der Waals surface area contributed by atoms with E-state index in [1.54, 1.807) is 0 Å². The molecule has 2 heteroatoms. The molecular formula is C18H21NO.